The molecule has 1 unspecified atom stereocenters. The summed E-state index contributed by atoms with van der Waals surface area (Å²) in [7, 11) is 0. The van der Waals surface area contributed by atoms with Crippen molar-refractivity contribution in [3.8, 4) is 0 Å². The maximum absolute atomic E-state index is 5.65. The normalized spacial score (nSPS) is 13.8. The van der Waals surface area contributed by atoms with Gasteiger partial charge in [0.2, 0.25) is 0 Å². The van der Waals surface area contributed by atoms with Crippen LogP contribution >= 0.6 is 0 Å². The van der Waals surface area contributed by atoms with Gasteiger partial charge in [-0.15, -0.1) is 0 Å². The van der Waals surface area contributed by atoms with Crippen LogP contribution in [0.1, 0.15) is 27.2 Å². The fraction of sp³-hybridized carbons (Fsp3) is 0.714. The van der Waals surface area contributed by atoms with Gasteiger partial charge in [0.1, 0.15) is 6.10 Å². The van der Waals surface area contributed by atoms with Crippen molar-refractivity contribution in [2.75, 3.05) is 33.0 Å². The first-order chi connectivity index (χ1) is 8.35. The summed E-state index contributed by atoms with van der Waals surface area (Å²) >= 11 is 0. The second-order valence-electron chi connectivity index (χ2n) is 3.71. The molecule has 0 bridgehead atoms. The minimum Gasteiger partial charge on any atom is -0.379 e. The van der Waals surface area contributed by atoms with E-state index in [2.05, 4.69) is 6.92 Å². The Labute approximate surface area is 105 Å². The summed E-state index contributed by atoms with van der Waals surface area (Å²) in [6.07, 6.45) is 8.96. The van der Waals surface area contributed by atoms with Crippen molar-refractivity contribution in [1.82, 2.24) is 0 Å². The van der Waals surface area contributed by atoms with Gasteiger partial charge in [-0.3, -0.25) is 0 Å². The molecule has 3 heteroatoms. The maximum atomic E-state index is 5.65. The first-order valence-electron chi connectivity index (χ1n) is 6.34. The molecule has 1 atom stereocenters. The van der Waals surface area contributed by atoms with E-state index in [4.69, 9.17) is 14.2 Å². The summed E-state index contributed by atoms with van der Waals surface area (Å²) in [5.74, 6) is 0. The Morgan fingerprint density at radius 1 is 0.941 bits per heavy atom. The Morgan fingerprint density at radius 3 is 2.24 bits per heavy atom. The van der Waals surface area contributed by atoms with E-state index < -0.39 is 0 Å². The molecule has 0 heterocycles. The molecule has 0 spiro atoms. The summed E-state index contributed by atoms with van der Waals surface area (Å²) in [4.78, 5) is 0. The number of hydrogen-bond acceptors (Lipinski definition) is 3. The molecule has 0 fully saturated rings. The van der Waals surface area contributed by atoms with Crippen LogP contribution in [0.15, 0.2) is 24.3 Å². The van der Waals surface area contributed by atoms with Crippen LogP contribution in [0, 0.1) is 0 Å². The summed E-state index contributed by atoms with van der Waals surface area (Å²) in [6, 6.07) is 0. The third-order valence-corrected chi connectivity index (χ3v) is 2.07. The van der Waals surface area contributed by atoms with Crippen molar-refractivity contribution in [2.45, 2.75) is 33.3 Å². The molecule has 0 amide bonds. The standard InChI is InChI=1S/C14H26O3/c1-4-7-10-16-13-14(12-15-9-6-3)17-11-8-5-2/h4-5,7-8,14H,6,9-13H2,1-3H3/b7-4+,8-5+. The van der Waals surface area contributed by atoms with Gasteiger partial charge in [0.15, 0.2) is 0 Å². The zero-order chi connectivity index (χ0) is 12.8. The quantitative estimate of drug-likeness (QED) is 0.412. The molecule has 0 radical (unpaired) electrons. The largest absolute Gasteiger partial charge is 0.379 e. The van der Waals surface area contributed by atoms with Crippen LogP contribution in [-0.4, -0.2) is 39.1 Å². The van der Waals surface area contributed by atoms with Crippen LogP contribution < -0.4 is 0 Å². The second-order valence-corrected chi connectivity index (χ2v) is 3.71. The van der Waals surface area contributed by atoms with Crippen LogP contribution in [0.3, 0.4) is 0 Å². The SMILES string of the molecule is C/C=C/COCC(COCCC)OC/C=C/C. The third kappa shape index (κ3) is 11.6. The van der Waals surface area contributed by atoms with Gasteiger partial charge >= 0.3 is 0 Å². The number of rotatable bonds is 11. The lowest BCUT2D eigenvalue weighted by molar-refractivity contribution is -0.0473. The highest BCUT2D eigenvalue weighted by atomic mass is 16.6. The molecule has 3 nitrogen and oxygen atoms in total. The average Bonchev–Trinajstić information content (AvgIpc) is 2.34. The van der Waals surface area contributed by atoms with Gasteiger partial charge in [0.25, 0.3) is 0 Å². The first kappa shape index (κ1) is 16.4. The molecule has 0 aliphatic heterocycles. The molecule has 0 aliphatic carbocycles. The molecular formula is C14H26O3. The molecule has 0 aromatic heterocycles. The predicted molar refractivity (Wildman–Crippen MR) is 71.3 cm³/mol. The highest BCUT2D eigenvalue weighted by Crippen LogP contribution is 1.97. The third-order valence-electron chi connectivity index (χ3n) is 2.07. The molecule has 0 saturated heterocycles. The molecule has 0 saturated carbocycles. The van der Waals surface area contributed by atoms with Crippen LogP contribution in [0.25, 0.3) is 0 Å². The van der Waals surface area contributed by atoms with E-state index >= 15 is 0 Å². The predicted octanol–water partition coefficient (Wildman–Crippen LogP) is 2.97. The van der Waals surface area contributed by atoms with Gasteiger partial charge in [0.05, 0.1) is 26.4 Å². The van der Waals surface area contributed by atoms with Crippen LogP contribution in [0.4, 0.5) is 0 Å². The summed E-state index contributed by atoms with van der Waals surface area (Å²) in [5.41, 5.74) is 0. The van der Waals surface area contributed by atoms with Crippen molar-refractivity contribution in [2.24, 2.45) is 0 Å². The van der Waals surface area contributed by atoms with Crippen LogP contribution in [-0.2, 0) is 14.2 Å². The summed E-state index contributed by atoms with van der Waals surface area (Å²) < 4.78 is 16.6. The van der Waals surface area contributed by atoms with Crippen molar-refractivity contribution in [3.63, 3.8) is 0 Å². The van der Waals surface area contributed by atoms with Crippen molar-refractivity contribution in [3.05, 3.63) is 24.3 Å². The van der Waals surface area contributed by atoms with Crippen molar-refractivity contribution < 1.29 is 14.2 Å². The van der Waals surface area contributed by atoms with Gasteiger partial charge < -0.3 is 14.2 Å². The minimum absolute atomic E-state index is 0.0167. The van der Waals surface area contributed by atoms with Gasteiger partial charge in [-0.1, -0.05) is 31.2 Å². The molecule has 100 valence electrons. The van der Waals surface area contributed by atoms with E-state index in [-0.39, 0.29) is 6.10 Å². The fourth-order valence-electron chi connectivity index (χ4n) is 1.16. The van der Waals surface area contributed by atoms with E-state index in [1.165, 1.54) is 0 Å². The molecule has 0 N–H and O–H groups in total. The van der Waals surface area contributed by atoms with Crippen LogP contribution in [0.5, 0.6) is 0 Å². The van der Waals surface area contributed by atoms with E-state index in [0.717, 1.165) is 13.0 Å². The Balaban J connectivity index is 3.74. The lowest BCUT2D eigenvalue weighted by atomic mass is 10.4. The summed E-state index contributed by atoms with van der Waals surface area (Å²) in [6.45, 7) is 9.25. The first-order valence-corrected chi connectivity index (χ1v) is 6.34. The lowest BCUT2D eigenvalue weighted by Gasteiger charge is -2.16. The molecule has 0 aromatic carbocycles. The van der Waals surface area contributed by atoms with Gasteiger partial charge in [0, 0.05) is 6.61 Å². The highest BCUT2D eigenvalue weighted by molar-refractivity contribution is 4.78. The van der Waals surface area contributed by atoms with E-state index in [0.29, 0.717) is 26.4 Å². The van der Waals surface area contributed by atoms with Gasteiger partial charge in [-0.25, -0.2) is 0 Å². The number of ether oxygens (including phenoxy) is 3. The fourth-order valence-corrected chi connectivity index (χ4v) is 1.16. The molecule has 0 aromatic rings. The Morgan fingerprint density at radius 2 is 1.59 bits per heavy atom. The number of hydrogen-bond donors (Lipinski definition) is 0. The van der Waals surface area contributed by atoms with E-state index in [1.807, 2.05) is 38.2 Å². The van der Waals surface area contributed by atoms with Gasteiger partial charge in [-0.05, 0) is 20.3 Å². The molecule has 0 rings (SSSR count). The van der Waals surface area contributed by atoms with Crippen molar-refractivity contribution in [1.29, 1.82) is 0 Å². The van der Waals surface area contributed by atoms with Crippen molar-refractivity contribution >= 4 is 0 Å². The van der Waals surface area contributed by atoms with Gasteiger partial charge in [-0.2, -0.15) is 0 Å². The Bertz CT molecular complexity index is 200. The monoisotopic (exact) mass is 242 g/mol. The van der Waals surface area contributed by atoms with E-state index in [1.54, 1.807) is 0 Å². The minimum atomic E-state index is 0.0167. The zero-order valence-corrected chi connectivity index (χ0v) is 11.4. The lowest BCUT2D eigenvalue weighted by Crippen LogP contribution is -2.26. The topological polar surface area (TPSA) is 27.7 Å². The Kier molecular flexibility index (Phi) is 12.9. The molecular weight excluding hydrogens is 216 g/mol. The molecule has 0 aliphatic rings. The highest BCUT2D eigenvalue weighted by Gasteiger charge is 2.08. The number of allylic oxidation sites excluding steroid dienone is 2. The second kappa shape index (κ2) is 13.4. The average molecular weight is 242 g/mol. The van der Waals surface area contributed by atoms with E-state index in [9.17, 15) is 0 Å². The summed E-state index contributed by atoms with van der Waals surface area (Å²) in [5, 5.41) is 0. The maximum Gasteiger partial charge on any atom is 0.105 e. The molecule has 17 heavy (non-hydrogen) atoms. The van der Waals surface area contributed by atoms with Crippen LogP contribution in [0.2, 0.25) is 0 Å². The smallest absolute Gasteiger partial charge is 0.105 e. The zero-order valence-electron chi connectivity index (χ0n) is 11.4. The Hall–Kier alpha value is -0.640.